The first kappa shape index (κ1) is 20.3. The highest BCUT2D eigenvalue weighted by Gasteiger charge is 2.32. The Bertz CT molecular complexity index is 391. The maximum atomic E-state index is 12.5. The molecule has 1 saturated heterocycles. The highest BCUT2D eigenvalue weighted by atomic mass is 16.6. The minimum atomic E-state index is -0.433. The lowest BCUT2D eigenvalue weighted by atomic mass is 9.81. The highest BCUT2D eigenvalue weighted by molar-refractivity contribution is 5.68. The van der Waals surface area contributed by atoms with E-state index in [1.165, 1.54) is 6.42 Å². The Balaban J connectivity index is 2.63. The number of nitrogens with zero attached hydrogens (tertiary/aromatic N) is 1. The Kier molecular flexibility index (Phi) is 6.54. The Morgan fingerprint density at radius 1 is 1.09 bits per heavy atom. The molecule has 23 heavy (non-hydrogen) atoms. The molecule has 0 radical (unpaired) electrons. The summed E-state index contributed by atoms with van der Waals surface area (Å²) >= 11 is 0. The maximum absolute atomic E-state index is 12.5. The van der Waals surface area contributed by atoms with E-state index in [1.807, 2.05) is 25.7 Å². The number of carbonyl (C=O) groups excluding carboxylic acids is 1. The third kappa shape index (κ3) is 8.05. The third-order valence-corrected chi connectivity index (χ3v) is 4.04. The van der Waals surface area contributed by atoms with Gasteiger partial charge in [0.1, 0.15) is 5.60 Å². The molecule has 1 rings (SSSR count). The molecule has 0 aliphatic carbocycles. The van der Waals surface area contributed by atoms with Gasteiger partial charge in [0, 0.05) is 24.7 Å². The number of likely N-dealkylation sites (tertiary alicyclic amines) is 1. The van der Waals surface area contributed by atoms with Crippen molar-refractivity contribution >= 4 is 6.09 Å². The quantitative estimate of drug-likeness (QED) is 0.822. The molecule has 0 bridgehead atoms. The van der Waals surface area contributed by atoms with Crippen molar-refractivity contribution < 1.29 is 9.53 Å². The van der Waals surface area contributed by atoms with E-state index in [-0.39, 0.29) is 23.1 Å². The smallest absolute Gasteiger partial charge is 0.410 e. The summed E-state index contributed by atoms with van der Waals surface area (Å²) in [6.07, 6.45) is 4.24. The molecule has 4 heteroatoms. The van der Waals surface area contributed by atoms with Crippen LogP contribution in [-0.4, -0.2) is 41.3 Å². The minimum Gasteiger partial charge on any atom is -0.444 e. The van der Waals surface area contributed by atoms with Crippen molar-refractivity contribution in [2.45, 2.75) is 98.3 Å². The van der Waals surface area contributed by atoms with E-state index in [2.05, 4.69) is 39.9 Å². The fraction of sp³-hybridized carbons (Fsp3) is 0.947. The molecule has 0 spiro atoms. The molecular formula is C19H38N2O2. The summed E-state index contributed by atoms with van der Waals surface area (Å²) in [5.41, 5.74) is -0.0821. The lowest BCUT2D eigenvalue weighted by Gasteiger charge is -2.40. The summed E-state index contributed by atoms with van der Waals surface area (Å²) in [6, 6.07) is 0.234. The number of hydrogen-bond acceptors (Lipinski definition) is 3. The second kappa shape index (κ2) is 7.42. The van der Waals surface area contributed by atoms with Gasteiger partial charge in [0.25, 0.3) is 0 Å². The number of amides is 1. The lowest BCUT2D eigenvalue weighted by Crippen LogP contribution is -2.53. The Labute approximate surface area is 143 Å². The zero-order chi connectivity index (χ0) is 17.9. The Morgan fingerprint density at radius 3 is 2.22 bits per heavy atom. The van der Waals surface area contributed by atoms with Crippen molar-refractivity contribution in [2.24, 2.45) is 5.41 Å². The van der Waals surface area contributed by atoms with Crippen LogP contribution in [0.4, 0.5) is 4.79 Å². The third-order valence-electron chi connectivity index (χ3n) is 4.04. The normalized spacial score (nSPS) is 20.5. The fourth-order valence-electron chi connectivity index (χ4n) is 3.56. The van der Waals surface area contributed by atoms with Crippen LogP contribution in [0.1, 0.15) is 81.1 Å². The molecule has 136 valence electrons. The van der Waals surface area contributed by atoms with Gasteiger partial charge in [-0.3, -0.25) is 0 Å². The molecule has 1 N–H and O–H groups in total. The summed E-state index contributed by atoms with van der Waals surface area (Å²) in [5, 5.41) is 3.68. The van der Waals surface area contributed by atoms with E-state index in [1.54, 1.807) is 0 Å². The molecule has 0 aromatic heterocycles. The topological polar surface area (TPSA) is 41.6 Å². The number of hydrogen-bond donors (Lipinski definition) is 1. The first-order valence-corrected chi connectivity index (χ1v) is 9.04. The van der Waals surface area contributed by atoms with Crippen LogP contribution >= 0.6 is 0 Å². The molecule has 1 atom stereocenters. The molecular weight excluding hydrogens is 288 g/mol. The largest absolute Gasteiger partial charge is 0.444 e. The first-order chi connectivity index (χ1) is 10.3. The summed E-state index contributed by atoms with van der Waals surface area (Å²) in [6.45, 7) is 18.7. The van der Waals surface area contributed by atoms with Crippen LogP contribution in [-0.2, 0) is 4.74 Å². The van der Waals surface area contributed by atoms with Gasteiger partial charge in [-0.05, 0) is 65.7 Å². The Hall–Kier alpha value is -0.770. The average molecular weight is 327 g/mol. The fourth-order valence-corrected chi connectivity index (χ4v) is 3.56. The molecule has 1 heterocycles. The zero-order valence-corrected chi connectivity index (χ0v) is 16.6. The monoisotopic (exact) mass is 326 g/mol. The van der Waals surface area contributed by atoms with Gasteiger partial charge in [0.15, 0.2) is 0 Å². The molecule has 1 amide bonds. The van der Waals surface area contributed by atoms with Crippen LogP contribution in [0, 0.1) is 5.41 Å². The van der Waals surface area contributed by atoms with Crippen LogP contribution in [0.2, 0.25) is 0 Å². The van der Waals surface area contributed by atoms with Crippen molar-refractivity contribution in [3.05, 3.63) is 0 Å². The Morgan fingerprint density at radius 2 is 1.70 bits per heavy atom. The van der Waals surface area contributed by atoms with Crippen molar-refractivity contribution in [3.8, 4) is 0 Å². The molecule has 0 aromatic carbocycles. The van der Waals surface area contributed by atoms with Crippen LogP contribution in [0.25, 0.3) is 0 Å². The van der Waals surface area contributed by atoms with Gasteiger partial charge in [0.2, 0.25) is 0 Å². The molecule has 0 aromatic rings. The summed E-state index contributed by atoms with van der Waals surface area (Å²) < 4.78 is 5.58. The molecule has 1 aliphatic rings. The van der Waals surface area contributed by atoms with E-state index >= 15 is 0 Å². The van der Waals surface area contributed by atoms with Crippen molar-refractivity contribution in [2.75, 3.05) is 13.1 Å². The minimum absolute atomic E-state index is 0.0648. The van der Waals surface area contributed by atoms with E-state index < -0.39 is 5.60 Å². The van der Waals surface area contributed by atoms with Gasteiger partial charge in [-0.1, -0.05) is 20.8 Å². The molecule has 1 aliphatic heterocycles. The van der Waals surface area contributed by atoms with Crippen molar-refractivity contribution in [1.82, 2.24) is 10.2 Å². The number of piperidine rings is 1. The molecule has 1 fully saturated rings. The van der Waals surface area contributed by atoms with Gasteiger partial charge in [-0.15, -0.1) is 0 Å². The second-order valence-electron chi connectivity index (χ2n) is 9.83. The van der Waals surface area contributed by atoms with Crippen molar-refractivity contribution in [1.29, 1.82) is 0 Å². The summed E-state index contributed by atoms with van der Waals surface area (Å²) in [7, 11) is 0. The van der Waals surface area contributed by atoms with Crippen LogP contribution in [0.5, 0.6) is 0 Å². The molecule has 0 saturated carbocycles. The van der Waals surface area contributed by atoms with E-state index in [4.69, 9.17) is 4.74 Å². The highest BCUT2D eigenvalue weighted by Crippen LogP contribution is 2.27. The lowest BCUT2D eigenvalue weighted by molar-refractivity contribution is 0.00885. The number of ether oxygens (including phenoxy) is 1. The maximum Gasteiger partial charge on any atom is 0.410 e. The van der Waals surface area contributed by atoms with Gasteiger partial charge in [-0.25, -0.2) is 4.79 Å². The van der Waals surface area contributed by atoms with Crippen LogP contribution < -0.4 is 5.32 Å². The molecule has 1 unspecified atom stereocenters. The van der Waals surface area contributed by atoms with Gasteiger partial charge in [0.05, 0.1) is 0 Å². The van der Waals surface area contributed by atoms with Gasteiger partial charge >= 0.3 is 6.09 Å². The number of rotatable bonds is 4. The number of carbonyl (C=O) groups is 1. The standard InChI is InChI=1S/C19H38N2O2/c1-17(2,3)14-19(7,8)20-13-15-11-9-10-12-21(15)16(22)23-18(4,5)6/h15,20H,9-14H2,1-8H3. The summed E-state index contributed by atoms with van der Waals surface area (Å²) in [5.74, 6) is 0. The first-order valence-electron chi connectivity index (χ1n) is 9.04. The van der Waals surface area contributed by atoms with E-state index in [9.17, 15) is 4.79 Å². The van der Waals surface area contributed by atoms with E-state index in [0.29, 0.717) is 0 Å². The molecule has 4 nitrogen and oxygen atoms in total. The zero-order valence-electron chi connectivity index (χ0n) is 16.6. The van der Waals surface area contributed by atoms with Gasteiger partial charge < -0.3 is 15.0 Å². The number of nitrogens with one attached hydrogen (secondary N) is 1. The van der Waals surface area contributed by atoms with Gasteiger partial charge in [-0.2, -0.15) is 0 Å². The van der Waals surface area contributed by atoms with Crippen LogP contribution in [0.3, 0.4) is 0 Å². The summed E-state index contributed by atoms with van der Waals surface area (Å²) in [4.78, 5) is 14.4. The van der Waals surface area contributed by atoms with Crippen molar-refractivity contribution in [3.63, 3.8) is 0 Å². The predicted molar refractivity (Wildman–Crippen MR) is 96.7 cm³/mol. The van der Waals surface area contributed by atoms with Crippen LogP contribution in [0.15, 0.2) is 0 Å². The van der Waals surface area contributed by atoms with E-state index in [0.717, 1.165) is 32.4 Å². The predicted octanol–water partition coefficient (Wildman–Crippen LogP) is 4.58. The average Bonchev–Trinajstić information content (AvgIpc) is 2.32. The SMILES string of the molecule is CC(C)(C)CC(C)(C)NCC1CCCCN1C(=O)OC(C)(C)C. The second-order valence-corrected chi connectivity index (χ2v) is 9.83.